The van der Waals surface area contributed by atoms with Gasteiger partial charge in [-0.15, -0.1) is 0 Å². The first kappa shape index (κ1) is 48.7. The average molecular weight is 967 g/mol. The molecule has 4 nitrogen and oxygen atoms in total. The Morgan fingerprint density at radius 2 is 0.581 bits per heavy atom. The van der Waals surface area contributed by atoms with E-state index in [4.69, 9.17) is 9.97 Å². The van der Waals surface area contributed by atoms with E-state index in [0.717, 1.165) is 67.5 Å². The second-order valence-electron chi connectivity index (χ2n) is 25.0. The van der Waals surface area contributed by atoms with Gasteiger partial charge in [-0.25, -0.2) is 0 Å². The summed E-state index contributed by atoms with van der Waals surface area (Å²) in [4.78, 5) is 10.4. The highest BCUT2D eigenvalue weighted by Crippen LogP contribution is 2.44. The maximum absolute atomic E-state index is 5.18. The zero-order valence-corrected chi connectivity index (χ0v) is 46.0. The Morgan fingerprint density at radius 3 is 0.838 bits per heavy atom. The first-order valence-electron chi connectivity index (χ1n) is 26.5. The van der Waals surface area contributed by atoms with Crippen LogP contribution in [0.15, 0.2) is 170 Å². The highest BCUT2D eigenvalue weighted by Gasteiger charge is 2.25. The topological polar surface area (TPSA) is 35.6 Å². The molecular weight excluding hydrogens is 897 g/mol. The van der Waals surface area contributed by atoms with Gasteiger partial charge in [-0.05, 0) is 189 Å². The van der Waals surface area contributed by atoms with Gasteiger partial charge >= 0.3 is 0 Å². The summed E-state index contributed by atoms with van der Waals surface area (Å²) in [5, 5.41) is 5.14. The van der Waals surface area contributed by atoms with Crippen LogP contribution in [0.5, 0.6) is 0 Å². The van der Waals surface area contributed by atoms with Crippen molar-refractivity contribution in [1.82, 2.24) is 19.1 Å². The van der Waals surface area contributed by atoms with Crippen molar-refractivity contribution >= 4 is 43.6 Å². The van der Waals surface area contributed by atoms with Gasteiger partial charge in [0.05, 0.1) is 33.5 Å². The molecule has 0 aliphatic rings. The maximum Gasteiger partial charge on any atom is 0.0711 e. The van der Waals surface area contributed by atoms with Crippen molar-refractivity contribution in [2.75, 3.05) is 0 Å². The Hall–Kier alpha value is -7.56. The monoisotopic (exact) mass is 967 g/mol. The van der Waals surface area contributed by atoms with E-state index >= 15 is 0 Å². The molecule has 0 spiro atoms. The summed E-state index contributed by atoms with van der Waals surface area (Å²) in [5.41, 5.74) is 23.0. The van der Waals surface area contributed by atoms with E-state index < -0.39 is 0 Å². The molecule has 0 unspecified atom stereocenters. The van der Waals surface area contributed by atoms with Crippen LogP contribution in [0.2, 0.25) is 0 Å². The van der Waals surface area contributed by atoms with E-state index in [1.807, 2.05) is 0 Å². The Balaban J connectivity index is 1.08. The molecule has 0 bridgehead atoms. The van der Waals surface area contributed by atoms with Gasteiger partial charge in [-0.1, -0.05) is 144 Å². The normalized spacial score (nSPS) is 12.7. The van der Waals surface area contributed by atoms with Crippen LogP contribution in [0.3, 0.4) is 0 Å². The molecule has 74 heavy (non-hydrogen) atoms. The van der Waals surface area contributed by atoms with Crippen LogP contribution in [0.4, 0.5) is 0 Å². The average Bonchev–Trinajstić information content (AvgIpc) is 3.87. The van der Waals surface area contributed by atoms with Gasteiger partial charge in [0, 0.05) is 55.4 Å². The molecule has 4 heteroatoms. The fourth-order valence-corrected chi connectivity index (χ4v) is 10.9. The first-order valence-corrected chi connectivity index (χ1v) is 26.5. The third-order valence-electron chi connectivity index (χ3n) is 15.4. The lowest BCUT2D eigenvalue weighted by Gasteiger charge is -2.19. The summed E-state index contributed by atoms with van der Waals surface area (Å²) in [5.74, 6) is 0. The smallest absolute Gasteiger partial charge is 0.0711 e. The van der Waals surface area contributed by atoms with Crippen molar-refractivity contribution in [3.63, 3.8) is 0 Å². The minimum Gasteiger partial charge on any atom is -0.309 e. The molecule has 0 radical (unpaired) electrons. The van der Waals surface area contributed by atoms with Crippen molar-refractivity contribution in [2.24, 2.45) is 0 Å². The molecule has 0 N–H and O–H groups in total. The van der Waals surface area contributed by atoms with E-state index in [2.05, 4.69) is 276 Å². The molecule has 11 aromatic rings. The van der Waals surface area contributed by atoms with Gasteiger partial charge < -0.3 is 9.13 Å². The molecule has 0 fully saturated rings. The maximum atomic E-state index is 5.18. The van der Waals surface area contributed by atoms with Crippen LogP contribution in [0.1, 0.15) is 117 Å². The van der Waals surface area contributed by atoms with Gasteiger partial charge in [0.15, 0.2) is 0 Å². The summed E-state index contributed by atoms with van der Waals surface area (Å²) in [7, 11) is 0. The van der Waals surface area contributed by atoms with E-state index in [1.165, 1.54) is 65.9 Å². The minimum atomic E-state index is 0.0308. The molecule has 0 atom stereocenters. The van der Waals surface area contributed by atoms with Crippen molar-refractivity contribution in [1.29, 1.82) is 0 Å². The molecule has 4 heterocycles. The predicted octanol–water partition coefficient (Wildman–Crippen LogP) is 19.1. The van der Waals surface area contributed by atoms with Crippen LogP contribution >= 0.6 is 0 Å². The molecule has 4 aromatic heterocycles. The second kappa shape index (κ2) is 17.5. The molecule has 0 saturated heterocycles. The first-order chi connectivity index (χ1) is 35.0. The number of rotatable bonds is 6. The largest absolute Gasteiger partial charge is 0.309 e. The van der Waals surface area contributed by atoms with E-state index in [0.29, 0.717) is 0 Å². The Labute approximate surface area is 438 Å². The Bertz CT molecular complexity index is 3570. The molecular formula is C70H70N4. The zero-order valence-electron chi connectivity index (χ0n) is 46.0. The van der Waals surface area contributed by atoms with Crippen molar-refractivity contribution in [2.45, 2.75) is 119 Å². The second-order valence-corrected chi connectivity index (χ2v) is 25.0. The van der Waals surface area contributed by atoms with Gasteiger partial charge in [-0.2, -0.15) is 0 Å². The van der Waals surface area contributed by atoms with Crippen LogP contribution in [0, 0.1) is 13.8 Å². The molecule has 11 rings (SSSR count). The van der Waals surface area contributed by atoms with E-state index in [1.54, 1.807) is 0 Å². The van der Waals surface area contributed by atoms with Crippen LogP contribution in [-0.2, 0) is 21.7 Å². The molecule has 0 aliphatic carbocycles. The third kappa shape index (κ3) is 8.72. The Morgan fingerprint density at radius 1 is 0.297 bits per heavy atom. The fourth-order valence-electron chi connectivity index (χ4n) is 10.9. The van der Waals surface area contributed by atoms with Crippen LogP contribution in [-0.4, -0.2) is 19.1 Å². The number of aryl methyl sites for hydroxylation is 2. The zero-order chi connectivity index (χ0) is 52.2. The van der Waals surface area contributed by atoms with Gasteiger partial charge in [0.1, 0.15) is 0 Å². The number of hydrogen-bond acceptors (Lipinski definition) is 2. The number of hydrogen-bond donors (Lipinski definition) is 0. The van der Waals surface area contributed by atoms with Crippen molar-refractivity contribution in [3.8, 4) is 56.1 Å². The Kier molecular flexibility index (Phi) is 11.5. The third-order valence-corrected chi connectivity index (χ3v) is 15.4. The SMILES string of the molecule is Cc1cccc(-c2cc(-c3ccc(-n4c5ccc(C(C)(C)C)cc5c5cc(C(C)(C)C)ccc54)cc3)c(-c3cccc(C)n3)cc2-c2ccc(-n3c4ccc(C(C)(C)C)cc4c4cc(C(C)(C)C)ccc43)cc2)n1. The summed E-state index contributed by atoms with van der Waals surface area (Å²) < 4.78 is 4.88. The highest BCUT2D eigenvalue weighted by molar-refractivity contribution is 6.11. The number of nitrogens with zero attached hydrogens (tertiary/aromatic N) is 4. The molecule has 7 aromatic carbocycles. The molecule has 370 valence electrons. The van der Waals surface area contributed by atoms with E-state index in [9.17, 15) is 0 Å². The molecule has 0 saturated carbocycles. The van der Waals surface area contributed by atoms with Gasteiger partial charge in [0.25, 0.3) is 0 Å². The number of fused-ring (bicyclic) bond motifs is 6. The minimum absolute atomic E-state index is 0.0308. The molecule has 0 amide bonds. The van der Waals surface area contributed by atoms with E-state index in [-0.39, 0.29) is 21.7 Å². The fraction of sp³-hybridized carbons (Fsp3) is 0.257. The predicted molar refractivity (Wildman–Crippen MR) is 317 cm³/mol. The van der Waals surface area contributed by atoms with Crippen molar-refractivity contribution < 1.29 is 0 Å². The lowest BCUT2D eigenvalue weighted by Crippen LogP contribution is -2.10. The standard InChI is InChI=1S/C70H70N4/c1-43-17-15-19-61(71-43)55-41-54(46-23-31-52(32-24-46)74-65-35-27-49(69(9,10)11)39-59(65)60-40-50(70(12,13)14)28-36-66(60)74)56(62-20-16-18-44(2)72-62)42-53(55)45-21-29-51(30-22-45)73-63-33-25-47(67(3,4)5)37-57(63)58-38-48(68(6,7)8)26-34-64(58)73/h15-42H,1-14H3. The van der Waals surface area contributed by atoms with Crippen LogP contribution < -0.4 is 0 Å². The number of pyridine rings is 2. The summed E-state index contributed by atoms with van der Waals surface area (Å²) in [6.07, 6.45) is 0. The van der Waals surface area contributed by atoms with Gasteiger partial charge in [-0.3, -0.25) is 9.97 Å². The summed E-state index contributed by atoms with van der Waals surface area (Å²) >= 11 is 0. The lowest BCUT2D eigenvalue weighted by atomic mass is 9.85. The van der Waals surface area contributed by atoms with Gasteiger partial charge in [0.2, 0.25) is 0 Å². The summed E-state index contributed by atoms with van der Waals surface area (Å²) in [6, 6.07) is 63.9. The molecule has 0 aliphatic heterocycles. The summed E-state index contributed by atoms with van der Waals surface area (Å²) in [6.45, 7) is 31.7. The lowest BCUT2D eigenvalue weighted by molar-refractivity contribution is 0.590. The van der Waals surface area contributed by atoms with Crippen LogP contribution in [0.25, 0.3) is 99.8 Å². The highest BCUT2D eigenvalue weighted by atomic mass is 15.0. The van der Waals surface area contributed by atoms with Crippen molar-refractivity contribution in [3.05, 3.63) is 203 Å². The number of aromatic nitrogens is 4. The number of benzene rings is 7. The quantitative estimate of drug-likeness (QED) is 0.166.